The zero-order valence-electron chi connectivity index (χ0n) is 14.7. The Morgan fingerprint density at radius 1 is 1.12 bits per heavy atom. The predicted molar refractivity (Wildman–Crippen MR) is 92.6 cm³/mol. The molecule has 0 fully saturated rings. The molecule has 0 saturated carbocycles. The van der Waals surface area contributed by atoms with Crippen molar-refractivity contribution in [3.8, 4) is 0 Å². The lowest BCUT2D eigenvalue weighted by Gasteiger charge is -2.21. The van der Waals surface area contributed by atoms with Crippen LogP contribution in [0.5, 0.6) is 0 Å². The topological polar surface area (TPSA) is 180 Å². The first kappa shape index (κ1) is 22.6. The number of carbonyl (C=O) groups excluding carboxylic acids is 2. The molecule has 0 aromatic carbocycles. The largest absolute Gasteiger partial charge is 0.481 e. The summed E-state index contributed by atoms with van der Waals surface area (Å²) in [6.45, 7) is 4.62. The number of nitrogens with one attached hydrogen (secondary N) is 2. The fraction of sp³-hybridized carbons (Fsp3) is 0.733. The van der Waals surface area contributed by atoms with Crippen molar-refractivity contribution in [1.29, 1.82) is 0 Å². The van der Waals surface area contributed by atoms with Crippen LogP contribution in [-0.2, 0) is 14.4 Å². The molecule has 0 bridgehead atoms. The first-order chi connectivity index (χ1) is 11.6. The van der Waals surface area contributed by atoms with Gasteiger partial charge in [-0.2, -0.15) is 0 Å². The number of hydrogen-bond acceptors (Lipinski definition) is 5. The van der Waals surface area contributed by atoms with E-state index in [4.69, 9.17) is 16.6 Å². The van der Waals surface area contributed by atoms with Gasteiger partial charge in [-0.25, -0.2) is 0 Å². The molecule has 0 aliphatic rings. The van der Waals surface area contributed by atoms with E-state index < -0.39 is 30.4 Å². The second-order valence-corrected chi connectivity index (χ2v) is 6.11. The number of rotatable bonds is 12. The number of aliphatic hydroxyl groups excluding tert-OH is 1. The summed E-state index contributed by atoms with van der Waals surface area (Å²) in [6, 6.07) is -0.839. The summed E-state index contributed by atoms with van der Waals surface area (Å²) >= 11 is 0. The maximum Gasteiger partial charge on any atom is 0.306 e. The zero-order valence-corrected chi connectivity index (χ0v) is 14.7. The van der Waals surface area contributed by atoms with Crippen molar-refractivity contribution in [3.05, 3.63) is 0 Å². The molecule has 2 unspecified atom stereocenters. The molecular weight excluding hydrogens is 330 g/mol. The summed E-state index contributed by atoms with van der Waals surface area (Å²) in [5.74, 6) is -2.42. The number of nitrogens with zero attached hydrogens (tertiary/aromatic N) is 1. The van der Waals surface area contributed by atoms with Crippen LogP contribution in [0.4, 0.5) is 0 Å². The molecule has 144 valence electrons. The van der Waals surface area contributed by atoms with Crippen molar-refractivity contribution in [2.75, 3.05) is 13.1 Å². The van der Waals surface area contributed by atoms with E-state index in [2.05, 4.69) is 15.6 Å². The molecule has 0 aliphatic heterocycles. The number of carboxylic acid groups (broad SMARTS) is 1. The molecule has 10 nitrogen and oxygen atoms in total. The van der Waals surface area contributed by atoms with Crippen LogP contribution in [-0.4, -0.2) is 59.2 Å². The van der Waals surface area contributed by atoms with Crippen LogP contribution in [0.25, 0.3) is 0 Å². The predicted octanol–water partition coefficient (Wildman–Crippen LogP) is -1.48. The monoisotopic (exact) mass is 359 g/mol. The maximum atomic E-state index is 12.2. The number of aliphatic hydroxyl groups is 1. The molecule has 10 heteroatoms. The van der Waals surface area contributed by atoms with Crippen molar-refractivity contribution < 1.29 is 24.6 Å². The normalized spacial score (nSPS) is 13.0. The highest BCUT2D eigenvalue weighted by atomic mass is 16.4. The Morgan fingerprint density at radius 3 is 2.28 bits per heavy atom. The molecule has 2 amide bonds. The summed E-state index contributed by atoms with van der Waals surface area (Å²) in [5.41, 5.74) is 10.4. The molecule has 8 N–H and O–H groups in total. The SMILES string of the molecule is CC(C)CC(NC(=O)C(O)CC(=O)O)C(=O)NCCCCN=C(N)N. The second-order valence-electron chi connectivity index (χ2n) is 6.11. The van der Waals surface area contributed by atoms with Crippen LogP contribution in [0, 0.1) is 5.92 Å². The van der Waals surface area contributed by atoms with Gasteiger partial charge in [0.05, 0.1) is 6.42 Å². The third-order valence-corrected chi connectivity index (χ3v) is 3.19. The highest BCUT2D eigenvalue weighted by molar-refractivity contribution is 5.90. The lowest BCUT2D eigenvalue weighted by Crippen LogP contribution is -2.50. The molecule has 2 atom stereocenters. The summed E-state index contributed by atoms with van der Waals surface area (Å²) in [6.07, 6.45) is -0.694. The van der Waals surface area contributed by atoms with Crippen LogP contribution >= 0.6 is 0 Å². The first-order valence-corrected chi connectivity index (χ1v) is 8.16. The van der Waals surface area contributed by atoms with Crippen molar-refractivity contribution in [2.24, 2.45) is 22.4 Å². The summed E-state index contributed by atoms with van der Waals surface area (Å²) in [7, 11) is 0. The Labute approximate surface area is 147 Å². The van der Waals surface area contributed by atoms with E-state index in [9.17, 15) is 19.5 Å². The lowest BCUT2D eigenvalue weighted by molar-refractivity contribution is -0.144. The van der Waals surface area contributed by atoms with Crippen LogP contribution in [0.1, 0.15) is 39.5 Å². The fourth-order valence-electron chi connectivity index (χ4n) is 2.01. The lowest BCUT2D eigenvalue weighted by atomic mass is 10.0. The van der Waals surface area contributed by atoms with Gasteiger partial charge in [-0.3, -0.25) is 19.4 Å². The van der Waals surface area contributed by atoms with E-state index in [0.29, 0.717) is 32.4 Å². The van der Waals surface area contributed by atoms with E-state index >= 15 is 0 Å². The number of guanidine groups is 1. The average molecular weight is 359 g/mol. The molecule has 0 aromatic heterocycles. The standard InChI is InChI=1S/C15H29N5O5/c1-9(2)7-10(20-14(25)11(21)8-12(22)23)13(24)18-5-3-4-6-19-15(16)17/h9-11,21H,3-8H2,1-2H3,(H,18,24)(H,20,25)(H,22,23)(H4,16,17,19). The van der Waals surface area contributed by atoms with E-state index in [1.54, 1.807) is 0 Å². The number of carboxylic acids is 1. The Hall–Kier alpha value is -2.36. The third kappa shape index (κ3) is 11.8. The molecule has 0 saturated heterocycles. The van der Waals surface area contributed by atoms with Gasteiger partial charge in [0, 0.05) is 13.1 Å². The summed E-state index contributed by atoms with van der Waals surface area (Å²) < 4.78 is 0. The van der Waals surface area contributed by atoms with Crippen LogP contribution in [0.2, 0.25) is 0 Å². The van der Waals surface area contributed by atoms with E-state index in [0.717, 1.165) is 0 Å². The molecule has 0 heterocycles. The smallest absolute Gasteiger partial charge is 0.306 e. The van der Waals surface area contributed by atoms with Gasteiger partial charge in [0.15, 0.2) is 5.96 Å². The number of hydrogen-bond donors (Lipinski definition) is 6. The van der Waals surface area contributed by atoms with Gasteiger partial charge in [0.2, 0.25) is 11.8 Å². The number of aliphatic carboxylic acids is 1. The average Bonchev–Trinajstić information content (AvgIpc) is 2.48. The summed E-state index contributed by atoms with van der Waals surface area (Å²) in [5, 5.41) is 23.2. The Kier molecular flexibility index (Phi) is 10.9. The van der Waals surface area contributed by atoms with Gasteiger partial charge in [0.1, 0.15) is 12.1 Å². The van der Waals surface area contributed by atoms with Crippen molar-refractivity contribution in [1.82, 2.24) is 10.6 Å². The van der Waals surface area contributed by atoms with Gasteiger partial charge in [-0.15, -0.1) is 0 Å². The van der Waals surface area contributed by atoms with Crippen molar-refractivity contribution in [2.45, 2.75) is 51.7 Å². The van der Waals surface area contributed by atoms with Crippen LogP contribution in [0.3, 0.4) is 0 Å². The molecule has 0 radical (unpaired) electrons. The highest BCUT2D eigenvalue weighted by Gasteiger charge is 2.26. The van der Waals surface area contributed by atoms with E-state index in [1.165, 1.54) is 0 Å². The van der Waals surface area contributed by atoms with Crippen LogP contribution in [0.15, 0.2) is 4.99 Å². The van der Waals surface area contributed by atoms with E-state index in [-0.39, 0.29) is 17.8 Å². The van der Waals surface area contributed by atoms with Crippen molar-refractivity contribution >= 4 is 23.7 Å². The van der Waals surface area contributed by atoms with Gasteiger partial charge in [0.25, 0.3) is 0 Å². The van der Waals surface area contributed by atoms with Crippen LogP contribution < -0.4 is 22.1 Å². The van der Waals surface area contributed by atoms with Gasteiger partial charge < -0.3 is 32.3 Å². The number of carbonyl (C=O) groups is 3. The minimum absolute atomic E-state index is 0.0173. The van der Waals surface area contributed by atoms with E-state index in [1.807, 2.05) is 13.8 Å². The first-order valence-electron chi connectivity index (χ1n) is 8.16. The van der Waals surface area contributed by atoms with Gasteiger partial charge in [-0.1, -0.05) is 13.8 Å². The Bertz CT molecular complexity index is 477. The number of amides is 2. The second kappa shape index (κ2) is 12.1. The zero-order chi connectivity index (χ0) is 19.4. The quantitative estimate of drug-likeness (QED) is 0.140. The number of aliphatic imine (C=N–C) groups is 1. The maximum absolute atomic E-state index is 12.2. The molecule has 25 heavy (non-hydrogen) atoms. The molecule has 0 aliphatic carbocycles. The van der Waals surface area contributed by atoms with Crippen molar-refractivity contribution in [3.63, 3.8) is 0 Å². The number of unbranched alkanes of at least 4 members (excludes halogenated alkanes) is 1. The summed E-state index contributed by atoms with van der Waals surface area (Å²) in [4.78, 5) is 38.4. The Balaban J connectivity index is 4.44. The Morgan fingerprint density at radius 2 is 1.76 bits per heavy atom. The molecule has 0 rings (SSSR count). The highest BCUT2D eigenvalue weighted by Crippen LogP contribution is 2.06. The molecule has 0 aromatic rings. The molecule has 0 spiro atoms. The van der Waals surface area contributed by atoms with Gasteiger partial charge in [-0.05, 0) is 25.2 Å². The molecular formula is C15H29N5O5. The minimum Gasteiger partial charge on any atom is -0.481 e. The number of nitrogens with two attached hydrogens (primary N) is 2. The van der Waals surface area contributed by atoms with Gasteiger partial charge >= 0.3 is 5.97 Å². The fourth-order valence-corrected chi connectivity index (χ4v) is 2.01. The minimum atomic E-state index is -1.69. The third-order valence-electron chi connectivity index (χ3n) is 3.19.